The van der Waals surface area contributed by atoms with Gasteiger partial charge in [0.25, 0.3) is 0 Å². The van der Waals surface area contributed by atoms with E-state index in [4.69, 9.17) is 0 Å². The number of pyridine rings is 1. The molecule has 2 heterocycles. The average molecular weight is 358 g/mol. The van der Waals surface area contributed by atoms with Gasteiger partial charge < -0.3 is 4.57 Å². The lowest BCUT2D eigenvalue weighted by Gasteiger charge is -2.09. The van der Waals surface area contributed by atoms with Crippen LogP contribution in [0.15, 0.2) is 47.5 Å². The van der Waals surface area contributed by atoms with Crippen LogP contribution in [0.4, 0.5) is 0 Å². The first kappa shape index (κ1) is 17.6. The van der Waals surface area contributed by atoms with E-state index in [-0.39, 0.29) is 11.4 Å². The third-order valence-electron chi connectivity index (χ3n) is 4.09. The fraction of sp³-hybridized carbons (Fsp3) is 0.333. The third-order valence-corrected chi connectivity index (χ3v) is 5.51. The summed E-state index contributed by atoms with van der Waals surface area (Å²) in [6, 6.07) is 10.7. The van der Waals surface area contributed by atoms with Gasteiger partial charge >= 0.3 is 0 Å². The largest absolute Gasteiger partial charge is 0.312 e. The summed E-state index contributed by atoms with van der Waals surface area (Å²) in [6.45, 7) is 4.89. The van der Waals surface area contributed by atoms with E-state index in [1.54, 1.807) is 18.3 Å². The molecule has 1 N–H and O–H groups in total. The maximum Gasteiger partial charge on any atom is 0.240 e. The molecule has 0 saturated carbocycles. The van der Waals surface area contributed by atoms with Crippen molar-refractivity contribution in [2.24, 2.45) is 0 Å². The van der Waals surface area contributed by atoms with Crippen molar-refractivity contribution in [1.82, 2.24) is 19.3 Å². The molecule has 6 nitrogen and oxygen atoms in total. The lowest BCUT2D eigenvalue weighted by atomic mass is 10.1. The Morgan fingerprint density at radius 2 is 1.88 bits per heavy atom. The van der Waals surface area contributed by atoms with Gasteiger partial charge in [0.15, 0.2) is 5.65 Å². The monoisotopic (exact) mass is 358 g/mol. The number of fused-ring (bicyclic) bond motifs is 1. The summed E-state index contributed by atoms with van der Waals surface area (Å²) in [5.41, 5.74) is 2.67. The number of hydrogen-bond donors (Lipinski definition) is 1. The molecule has 0 amide bonds. The summed E-state index contributed by atoms with van der Waals surface area (Å²) in [7, 11) is -3.58. The standard InChI is InChI=1S/C18H22N4O2S/c1-3-6-14-8-10-15(11-9-14)25(23,24)20-13-17-21-16-7-5-12-19-18(16)22(17)4-2/h5,7-12,20H,3-4,6,13H2,1-2H3. The Bertz CT molecular complexity index is 962. The molecule has 0 saturated heterocycles. The number of nitrogens with one attached hydrogen (secondary N) is 1. The van der Waals surface area contributed by atoms with E-state index in [0.29, 0.717) is 12.4 Å². The van der Waals surface area contributed by atoms with Crippen LogP contribution in [0.3, 0.4) is 0 Å². The molecule has 2 aromatic heterocycles. The van der Waals surface area contributed by atoms with Gasteiger partial charge in [-0.1, -0.05) is 25.5 Å². The van der Waals surface area contributed by atoms with E-state index in [1.165, 1.54) is 0 Å². The molecule has 132 valence electrons. The van der Waals surface area contributed by atoms with E-state index < -0.39 is 10.0 Å². The molecule has 0 spiro atoms. The SMILES string of the molecule is CCCc1ccc(S(=O)(=O)NCc2nc3cccnc3n2CC)cc1. The summed E-state index contributed by atoms with van der Waals surface area (Å²) >= 11 is 0. The molecule has 25 heavy (non-hydrogen) atoms. The van der Waals surface area contributed by atoms with Crippen molar-refractivity contribution in [3.05, 3.63) is 54.0 Å². The van der Waals surface area contributed by atoms with Crippen LogP contribution < -0.4 is 4.72 Å². The molecule has 7 heteroatoms. The van der Waals surface area contributed by atoms with Crippen molar-refractivity contribution in [1.29, 1.82) is 0 Å². The molecule has 0 aliphatic heterocycles. The highest BCUT2D eigenvalue weighted by atomic mass is 32.2. The molecule has 0 aliphatic rings. The third kappa shape index (κ3) is 3.72. The van der Waals surface area contributed by atoms with Crippen LogP contribution in [0.25, 0.3) is 11.2 Å². The smallest absolute Gasteiger partial charge is 0.240 e. The van der Waals surface area contributed by atoms with E-state index in [9.17, 15) is 8.42 Å². The molecular weight excluding hydrogens is 336 g/mol. The zero-order valence-corrected chi connectivity index (χ0v) is 15.3. The van der Waals surface area contributed by atoms with E-state index >= 15 is 0 Å². The molecule has 0 fully saturated rings. The van der Waals surface area contributed by atoms with Crippen LogP contribution in [0.5, 0.6) is 0 Å². The summed E-state index contributed by atoms with van der Waals surface area (Å²) in [5, 5.41) is 0. The minimum Gasteiger partial charge on any atom is -0.312 e. The zero-order valence-electron chi connectivity index (χ0n) is 14.4. The lowest BCUT2D eigenvalue weighted by Crippen LogP contribution is -2.25. The lowest BCUT2D eigenvalue weighted by molar-refractivity contribution is 0.576. The average Bonchev–Trinajstić information content (AvgIpc) is 2.98. The van der Waals surface area contributed by atoms with Crippen molar-refractivity contribution in [3.63, 3.8) is 0 Å². The molecule has 3 rings (SSSR count). The normalized spacial score (nSPS) is 11.9. The predicted molar refractivity (Wildman–Crippen MR) is 97.7 cm³/mol. The Morgan fingerprint density at radius 3 is 2.56 bits per heavy atom. The Hall–Kier alpha value is -2.25. The Kier molecular flexibility index (Phi) is 5.15. The fourth-order valence-electron chi connectivity index (χ4n) is 2.84. The highest BCUT2D eigenvalue weighted by Crippen LogP contribution is 2.15. The van der Waals surface area contributed by atoms with E-state index in [0.717, 1.165) is 29.6 Å². The molecule has 0 bridgehead atoms. The maximum absolute atomic E-state index is 12.5. The van der Waals surface area contributed by atoms with Crippen molar-refractivity contribution in [3.8, 4) is 0 Å². The molecule has 0 unspecified atom stereocenters. The van der Waals surface area contributed by atoms with Gasteiger partial charge in [-0.15, -0.1) is 0 Å². The van der Waals surface area contributed by atoms with Gasteiger partial charge in [0, 0.05) is 12.7 Å². The van der Waals surface area contributed by atoms with Crippen molar-refractivity contribution in [2.45, 2.75) is 44.7 Å². The number of benzene rings is 1. The first-order valence-electron chi connectivity index (χ1n) is 8.44. The van der Waals surface area contributed by atoms with Crippen molar-refractivity contribution >= 4 is 21.2 Å². The van der Waals surface area contributed by atoms with Gasteiger partial charge in [0.1, 0.15) is 11.3 Å². The fourth-order valence-corrected chi connectivity index (χ4v) is 3.82. The van der Waals surface area contributed by atoms with Gasteiger partial charge in [0.05, 0.1) is 11.4 Å². The number of rotatable bonds is 7. The van der Waals surface area contributed by atoms with Gasteiger partial charge in [-0.3, -0.25) is 0 Å². The van der Waals surface area contributed by atoms with Crippen molar-refractivity contribution in [2.75, 3.05) is 0 Å². The minimum atomic E-state index is -3.58. The van der Waals surface area contributed by atoms with Gasteiger partial charge in [-0.25, -0.2) is 23.1 Å². The number of sulfonamides is 1. The topological polar surface area (TPSA) is 76.9 Å². The van der Waals surface area contributed by atoms with Gasteiger partial charge in [-0.05, 0) is 43.2 Å². The van der Waals surface area contributed by atoms with Crippen LogP contribution in [0, 0.1) is 0 Å². The summed E-state index contributed by atoms with van der Waals surface area (Å²) < 4.78 is 29.6. The molecule has 0 aliphatic carbocycles. The van der Waals surface area contributed by atoms with Crippen LogP contribution in [0.2, 0.25) is 0 Å². The predicted octanol–water partition coefficient (Wildman–Crippen LogP) is 2.88. The van der Waals surface area contributed by atoms with E-state index in [1.807, 2.05) is 35.8 Å². The maximum atomic E-state index is 12.5. The second-order valence-corrected chi connectivity index (χ2v) is 7.60. The second-order valence-electron chi connectivity index (χ2n) is 5.84. The zero-order chi connectivity index (χ0) is 17.9. The molecular formula is C18H22N4O2S. The van der Waals surface area contributed by atoms with Gasteiger partial charge in [0.2, 0.25) is 10.0 Å². The van der Waals surface area contributed by atoms with Crippen molar-refractivity contribution < 1.29 is 8.42 Å². The summed E-state index contributed by atoms with van der Waals surface area (Å²) in [6.07, 6.45) is 3.69. The first-order chi connectivity index (χ1) is 12.0. The Balaban J connectivity index is 1.80. The van der Waals surface area contributed by atoms with Crippen LogP contribution >= 0.6 is 0 Å². The summed E-state index contributed by atoms with van der Waals surface area (Å²) in [5.74, 6) is 0.655. The quantitative estimate of drug-likeness (QED) is 0.704. The highest BCUT2D eigenvalue weighted by Gasteiger charge is 2.16. The number of imidazole rings is 1. The number of nitrogens with zero attached hydrogens (tertiary/aromatic N) is 3. The highest BCUT2D eigenvalue weighted by molar-refractivity contribution is 7.89. The van der Waals surface area contributed by atoms with Crippen LogP contribution in [-0.2, 0) is 29.5 Å². The number of aryl methyl sites for hydroxylation is 2. The molecule has 0 radical (unpaired) electrons. The first-order valence-corrected chi connectivity index (χ1v) is 9.92. The Morgan fingerprint density at radius 1 is 1.12 bits per heavy atom. The van der Waals surface area contributed by atoms with Gasteiger partial charge in [-0.2, -0.15) is 0 Å². The van der Waals surface area contributed by atoms with Crippen LogP contribution in [-0.4, -0.2) is 23.0 Å². The Labute approximate surface area is 148 Å². The number of aromatic nitrogens is 3. The van der Waals surface area contributed by atoms with Crippen LogP contribution in [0.1, 0.15) is 31.7 Å². The number of hydrogen-bond acceptors (Lipinski definition) is 4. The molecule has 3 aromatic rings. The molecule has 1 aromatic carbocycles. The molecule has 0 atom stereocenters. The van der Waals surface area contributed by atoms with E-state index in [2.05, 4.69) is 21.6 Å². The minimum absolute atomic E-state index is 0.128. The second kappa shape index (κ2) is 7.33. The summed E-state index contributed by atoms with van der Waals surface area (Å²) in [4.78, 5) is 9.09.